The lowest BCUT2D eigenvalue weighted by Crippen LogP contribution is -2.28. The third-order valence-corrected chi connectivity index (χ3v) is 5.09. The number of phosphoric acid groups is 1. The number of hydrogen-bond acceptors (Lipinski definition) is 6. The Morgan fingerprint density at radius 3 is 1.76 bits per heavy atom. The molecule has 0 aliphatic heterocycles. The van der Waals surface area contributed by atoms with Crippen molar-refractivity contribution in [3.05, 3.63) is 0 Å². The van der Waals surface area contributed by atoms with Crippen molar-refractivity contribution in [1.29, 1.82) is 0 Å². The van der Waals surface area contributed by atoms with Crippen LogP contribution in [0.5, 0.6) is 0 Å². The zero-order valence-electron chi connectivity index (χ0n) is 17.9. The summed E-state index contributed by atoms with van der Waals surface area (Å²) in [6, 6.07) is 0. The van der Waals surface area contributed by atoms with Gasteiger partial charge in [0, 0.05) is 6.42 Å². The van der Waals surface area contributed by atoms with Crippen molar-refractivity contribution in [3.8, 4) is 0 Å². The highest BCUT2D eigenvalue weighted by Crippen LogP contribution is 2.35. The van der Waals surface area contributed by atoms with Gasteiger partial charge < -0.3 is 24.4 Å². The molecule has 0 fully saturated rings. The minimum Gasteiger partial charge on any atom is -0.457 e. The summed E-state index contributed by atoms with van der Waals surface area (Å²) in [6.45, 7) is 0.969. The van der Waals surface area contributed by atoms with Crippen LogP contribution in [-0.4, -0.2) is 47.0 Å². The minimum absolute atomic E-state index is 0.194. The van der Waals surface area contributed by atoms with E-state index in [0.717, 1.165) is 12.8 Å². The van der Waals surface area contributed by atoms with Gasteiger partial charge in [-0.25, -0.2) is 4.57 Å². The van der Waals surface area contributed by atoms with E-state index < -0.39 is 33.3 Å². The van der Waals surface area contributed by atoms with Gasteiger partial charge in [0.1, 0.15) is 12.9 Å². The first-order valence-electron chi connectivity index (χ1n) is 11.0. The third-order valence-electron chi connectivity index (χ3n) is 4.61. The molecule has 0 aliphatic rings. The van der Waals surface area contributed by atoms with Gasteiger partial charge in [0.2, 0.25) is 0 Å². The summed E-state index contributed by atoms with van der Waals surface area (Å²) in [6.07, 6.45) is 15.1. The van der Waals surface area contributed by atoms with Gasteiger partial charge in [0.25, 0.3) is 0 Å². The summed E-state index contributed by atoms with van der Waals surface area (Å²) in [5.74, 6) is -0.464. The molecule has 0 bridgehead atoms. The highest BCUT2D eigenvalue weighted by atomic mass is 31.2. The van der Waals surface area contributed by atoms with Gasteiger partial charge in [0.15, 0.2) is 0 Å². The van der Waals surface area contributed by atoms with Gasteiger partial charge >= 0.3 is 13.8 Å². The van der Waals surface area contributed by atoms with Gasteiger partial charge in [-0.3, -0.25) is 9.32 Å². The number of aliphatic hydroxyl groups is 1. The van der Waals surface area contributed by atoms with Crippen LogP contribution in [0, 0.1) is 0 Å². The molecule has 9 heteroatoms. The van der Waals surface area contributed by atoms with Crippen LogP contribution in [0.2, 0.25) is 0 Å². The SMILES string of the molecule is CCCCCCCCCCCCCCCC(=O)O[C@H](COCO)COP(=O)(O)O. The summed E-state index contributed by atoms with van der Waals surface area (Å²) in [7, 11) is -4.66. The second-order valence-corrected chi connectivity index (χ2v) is 8.63. The van der Waals surface area contributed by atoms with Gasteiger partial charge in [-0.05, 0) is 6.42 Å². The van der Waals surface area contributed by atoms with Crippen molar-refractivity contribution in [1.82, 2.24) is 0 Å². The average molecular weight is 441 g/mol. The Balaban J connectivity index is 3.64. The number of hydrogen-bond donors (Lipinski definition) is 3. The van der Waals surface area contributed by atoms with E-state index in [2.05, 4.69) is 11.4 Å². The summed E-state index contributed by atoms with van der Waals surface area (Å²) in [5.41, 5.74) is 0. The molecule has 29 heavy (non-hydrogen) atoms. The Bertz CT molecular complexity index is 427. The zero-order valence-corrected chi connectivity index (χ0v) is 18.8. The predicted molar refractivity (Wildman–Crippen MR) is 111 cm³/mol. The van der Waals surface area contributed by atoms with E-state index in [9.17, 15) is 9.36 Å². The van der Waals surface area contributed by atoms with Crippen LogP contribution < -0.4 is 0 Å². The summed E-state index contributed by atoms with van der Waals surface area (Å²) in [4.78, 5) is 29.3. The van der Waals surface area contributed by atoms with E-state index in [1.165, 1.54) is 64.2 Å². The molecule has 0 aromatic rings. The molecular formula is C20H41O8P. The van der Waals surface area contributed by atoms with Crippen LogP contribution in [0.15, 0.2) is 0 Å². The lowest BCUT2D eigenvalue weighted by molar-refractivity contribution is -0.157. The molecule has 0 saturated heterocycles. The number of rotatable bonds is 21. The lowest BCUT2D eigenvalue weighted by atomic mass is 10.0. The number of phosphoric ester groups is 1. The highest BCUT2D eigenvalue weighted by Gasteiger charge is 2.21. The number of carbonyl (C=O) groups excluding carboxylic acids is 1. The fourth-order valence-electron chi connectivity index (χ4n) is 3.01. The third kappa shape index (κ3) is 22.0. The Hall–Kier alpha value is -0.500. The molecule has 1 atom stereocenters. The van der Waals surface area contributed by atoms with E-state index in [4.69, 9.17) is 24.4 Å². The number of aliphatic hydroxyl groups excluding tert-OH is 1. The van der Waals surface area contributed by atoms with Gasteiger partial charge in [0.05, 0.1) is 13.2 Å². The van der Waals surface area contributed by atoms with E-state index in [1.807, 2.05) is 0 Å². The molecular weight excluding hydrogens is 399 g/mol. The van der Waals surface area contributed by atoms with Crippen molar-refractivity contribution >= 4 is 13.8 Å². The summed E-state index contributed by atoms with van der Waals surface area (Å²) < 4.78 is 24.9. The highest BCUT2D eigenvalue weighted by molar-refractivity contribution is 7.46. The van der Waals surface area contributed by atoms with E-state index in [0.29, 0.717) is 6.42 Å². The first-order valence-corrected chi connectivity index (χ1v) is 12.5. The molecule has 3 N–H and O–H groups in total. The molecule has 8 nitrogen and oxygen atoms in total. The first kappa shape index (κ1) is 28.5. The van der Waals surface area contributed by atoms with Crippen LogP contribution >= 0.6 is 7.82 Å². The van der Waals surface area contributed by atoms with Gasteiger partial charge in [-0.1, -0.05) is 84.0 Å². The summed E-state index contributed by atoms with van der Waals surface area (Å²) in [5, 5.41) is 8.66. The molecule has 0 spiro atoms. The molecule has 0 amide bonds. The van der Waals surface area contributed by atoms with Crippen molar-refractivity contribution in [3.63, 3.8) is 0 Å². The van der Waals surface area contributed by atoms with E-state index in [-0.39, 0.29) is 13.0 Å². The van der Waals surface area contributed by atoms with Crippen molar-refractivity contribution in [2.45, 2.75) is 103 Å². The van der Waals surface area contributed by atoms with Gasteiger partial charge in [-0.2, -0.15) is 0 Å². The largest absolute Gasteiger partial charge is 0.469 e. The maximum Gasteiger partial charge on any atom is 0.469 e. The molecule has 174 valence electrons. The summed E-state index contributed by atoms with van der Waals surface area (Å²) >= 11 is 0. The Labute approximate surface area is 175 Å². The Kier molecular flexibility index (Phi) is 19.1. The maximum atomic E-state index is 11.9. The number of unbranched alkanes of at least 4 members (excludes halogenated alkanes) is 12. The fourth-order valence-corrected chi connectivity index (χ4v) is 3.37. The quantitative estimate of drug-likeness (QED) is 0.103. The monoisotopic (exact) mass is 440 g/mol. The standard InChI is InChI=1S/C20H41O8P/c1-2-3-4-5-6-7-8-9-10-11-12-13-14-15-20(22)28-19(16-26-18-21)17-27-29(23,24)25/h19,21H,2-18H2,1H3,(H2,23,24,25)/t19-/m1/s1. The molecule has 0 unspecified atom stereocenters. The normalized spacial score (nSPS) is 12.8. The molecule has 0 aliphatic carbocycles. The number of carbonyl (C=O) groups is 1. The minimum atomic E-state index is -4.66. The van der Waals surface area contributed by atoms with Crippen LogP contribution in [0.4, 0.5) is 0 Å². The van der Waals surface area contributed by atoms with Crippen LogP contribution in [0.25, 0.3) is 0 Å². The molecule has 0 saturated carbocycles. The maximum absolute atomic E-state index is 11.9. The van der Waals surface area contributed by atoms with Crippen molar-refractivity contribution in [2.75, 3.05) is 20.0 Å². The predicted octanol–water partition coefficient (Wildman–Crippen LogP) is 4.46. The van der Waals surface area contributed by atoms with Crippen LogP contribution in [0.3, 0.4) is 0 Å². The Morgan fingerprint density at radius 2 is 1.31 bits per heavy atom. The molecule has 0 aromatic heterocycles. The second-order valence-electron chi connectivity index (χ2n) is 7.39. The van der Waals surface area contributed by atoms with E-state index in [1.54, 1.807) is 0 Å². The number of esters is 1. The molecule has 0 aromatic carbocycles. The van der Waals surface area contributed by atoms with E-state index >= 15 is 0 Å². The lowest BCUT2D eigenvalue weighted by Gasteiger charge is -2.17. The second kappa shape index (κ2) is 19.5. The zero-order chi connectivity index (χ0) is 21.8. The van der Waals surface area contributed by atoms with Crippen molar-refractivity contribution < 1.29 is 38.3 Å². The van der Waals surface area contributed by atoms with Gasteiger partial charge in [-0.15, -0.1) is 0 Å². The average Bonchev–Trinajstić information content (AvgIpc) is 2.67. The number of ether oxygens (including phenoxy) is 2. The topological polar surface area (TPSA) is 123 Å². The fraction of sp³-hybridized carbons (Fsp3) is 0.950. The smallest absolute Gasteiger partial charge is 0.457 e. The van der Waals surface area contributed by atoms with Crippen LogP contribution in [0.1, 0.15) is 96.8 Å². The molecule has 0 heterocycles. The van der Waals surface area contributed by atoms with Crippen LogP contribution in [-0.2, 0) is 23.4 Å². The molecule has 0 rings (SSSR count). The molecule has 0 radical (unpaired) electrons. The van der Waals surface area contributed by atoms with Crippen molar-refractivity contribution in [2.24, 2.45) is 0 Å². The Morgan fingerprint density at radius 1 is 0.828 bits per heavy atom. The first-order chi connectivity index (χ1) is 13.9.